The molecule has 0 N–H and O–H groups in total. The summed E-state index contributed by atoms with van der Waals surface area (Å²) in [5.41, 5.74) is 1.99. The molecule has 0 aliphatic carbocycles. The maximum atomic E-state index is 13.0. The van der Waals surface area contributed by atoms with Crippen molar-refractivity contribution in [1.82, 2.24) is 14.9 Å². The number of hydrogen-bond donors (Lipinski definition) is 0. The molecule has 8 heteroatoms. The van der Waals surface area contributed by atoms with E-state index in [9.17, 15) is 13.6 Å². The number of piperidine rings is 1. The van der Waals surface area contributed by atoms with E-state index in [-0.39, 0.29) is 23.3 Å². The van der Waals surface area contributed by atoms with Crippen LogP contribution >= 0.6 is 0 Å². The van der Waals surface area contributed by atoms with E-state index in [1.807, 2.05) is 19.9 Å². The van der Waals surface area contributed by atoms with Gasteiger partial charge >= 0.3 is 6.61 Å². The van der Waals surface area contributed by atoms with Crippen LogP contribution in [-0.2, 0) is 0 Å². The molecule has 2 aliphatic rings. The summed E-state index contributed by atoms with van der Waals surface area (Å²) in [7, 11) is 0. The van der Waals surface area contributed by atoms with Crippen molar-refractivity contribution in [3.05, 3.63) is 47.3 Å². The van der Waals surface area contributed by atoms with Crippen LogP contribution in [0.1, 0.15) is 28.2 Å². The number of carbonyl (C=O) groups is 1. The zero-order valence-corrected chi connectivity index (χ0v) is 15.8. The van der Waals surface area contributed by atoms with Gasteiger partial charge in [-0.15, -0.1) is 0 Å². The number of alkyl halides is 2. The van der Waals surface area contributed by atoms with Gasteiger partial charge in [-0.05, 0) is 44.4 Å². The monoisotopic (exact) mass is 388 g/mol. The lowest BCUT2D eigenvalue weighted by Gasteiger charge is -2.33. The van der Waals surface area contributed by atoms with Crippen LogP contribution in [0.3, 0.4) is 0 Å². The Morgan fingerprint density at radius 2 is 1.86 bits per heavy atom. The highest BCUT2D eigenvalue weighted by Gasteiger charge is 2.41. The number of hydrogen-bond acceptors (Lipinski definition) is 5. The SMILES string of the molecule is Cc1cc(C)nc(N2CC3CC2CN(C(=O)c2ccccc2OC(F)F)C3)n1. The Kier molecular flexibility index (Phi) is 4.87. The fraction of sp³-hybridized carbons (Fsp3) is 0.450. The average Bonchev–Trinajstić information content (AvgIpc) is 2.94. The summed E-state index contributed by atoms with van der Waals surface area (Å²) < 4.78 is 29.9. The number of amides is 1. The van der Waals surface area contributed by atoms with Crippen LogP contribution in [0.4, 0.5) is 14.7 Å². The van der Waals surface area contributed by atoms with Crippen molar-refractivity contribution in [3.63, 3.8) is 0 Å². The first kappa shape index (κ1) is 18.6. The van der Waals surface area contributed by atoms with Crippen molar-refractivity contribution < 1.29 is 18.3 Å². The molecular weight excluding hydrogens is 366 g/mol. The molecule has 3 heterocycles. The molecule has 2 saturated heterocycles. The highest BCUT2D eigenvalue weighted by atomic mass is 19.3. The summed E-state index contributed by atoms with van der Waals surface area (Å²) in [4.78, 5) is 26.0. The molecular formula is C20H22F2N4O2. The summed E-state index contributed by atoms with van der Waals surface area (Å²) in [6.45, 7) is 2.79. The molecule has 0 spiro atoms. The zero-order valence-electron chi connectivity index (χ0n) is 15.8. The van der Waals surface area contributed by atoms with Crippen molar-refractivity contribution in [2.75, 3.05) is 24.5 Å². The van der Waals surface area contributed by atoms with Gasteiger partial charge in [-0.25, -0.2) is 9.97 Å². The first-order valence-electron chi connectivity index (χ1n) is 9.32. The van der Waals surface area contributed by atoms with Crippen LogP contribution in [0.2, 0.25) is 0 Å². The molecule has 148 valence electrons. The first-order chi connectivity index (χ1) is 13.4. The van der Waals surface area contributed by atoms with E-state index in [1.54, 1.807) is 17.0 Å². The molecule has 6 nitrogen and oxygen atoms in total. The normalized spacial score (nSPS) is 21.3. The summed E-state index contributed by atoms with van der Waals surface area (Å²) in [6.07, 6.45) is 0.968. The molecule has 2 aliphatic heterocycles. The molecule has 4 rings (SSSR count). The number of nitrogens with zero attached hydrogens (tertiary/aromatic N) is 4. The second-order valence-corrected chi connectivity index (χ2v) is 7.44. The maximum absolute atomic E-state index is 13.0. The fourth-order valence-electron chi connectivity index (χ4n) is 4.22. The fourth-order valence-corrected chi connectivity index (χ4v) is 4.22. The number of ether oxygens (including phenoxy) is 1. The predicted octanol–water partition coefficient (Wildman–Crippen LogP) is 3.05. The lowest BCUT2D eigenvalue weighted by molar-refractivity contribution is -0.0503. The number of aryl methyl sites for hydroxylation is 2. The summed E-state index contributed by atoms with van der Waals surface area (Å²) in [6, 6.07) is 8.20. The van der Waals surface area contributed by atoms with Gasteiger partial charge in [-0.3, -0.25) is 4.79 Å². The minimum atomic E-state index is -2.97. The average molecular weight is 388 g/mol. The topological polar surface area (TPSA) is 58.6 Å². The Labute approximate surface area is 162 Å². The van der Waals surface area contributed by atoms with Gasteiger partial charge in [0.15, 0.2) is 0 Å². The van der Waals surface area contributed by atoms with Crippen molar-refractivity contribution in [1.29, 1.82) is 0 Å². The number of likely N-dealkylation sites (tertiary alicyclic amines) is 1. The number of halogens is 2. The maximum Gasteiger partial charge on any atom is 0.387 e. The minimum Gasteiger partial charge on any atom is -0.434 e. The van der Waals surface area contributed by atoms with Crippen LogP contribution in [0.5, 0.6) is 5.75 Å². The standard InChI is InChI=1S/C20H22F2N4O2/c1-12-7-13(2)24-20(23-12)26-10-14-8-15(26)11-25(9-14)18(27)16-5-3-4-6-17(16)28-19(21)22/h3-7,14-15,19H,8-11H2,1-2H3. The van der Waals surface area contributed by atoms with Crippen molar-refractivity contribution in [2.45, 2.75) is 32.9 Å². The molecule has 2 atom stereocenters. The van der Waals surface area contributed by atoms with Gasteiger partial charge in [0.1, 0.15) is 5.75 Å². The van der Waals surface area contributed by atoms with Gasteiger partial charge in [0.05, 0.1) is 5.56 Å². The Balaban J connectivity index is 1.54. The second kappa shape index (κ2) is 7.33. The molecule has 0 radical (unpaired) electrons. The highest BCUT2D eigenvalue weighted by molar-refractivity contribution is 5.97. The van der Waals surface area contributed by atoms with Gasteiger partial charge in [0.2, 0.25) is 5.95 Å². The second-order valence-electron chi connectivity index (χ2n) is 7.44. The van der Waals surface area contributed by atoms with Gasteiger partial charge in [0, 0.05) is 37.1 Å². The summed E-state index contributed by atoms with van der Waals surface area (Å²) >= 11 is 0. The lowest BCUT2D eigenvalue weighted by atomic mass is 9.99. The largest absolute Gasteiger partial charge is 0.434 e. The van der Waals surface area contributed by atoms with Gasteiger partial charge < -0.3 is 14.5 Å². The molecule has 2 aromatic rings. The van der Waals surface area contributed by atoms with Crippen molar-refractivity contribution in [2.24, 2.45) is 5.92 Å². The summed E-state index contributed by atoms with van der Waals surface area (Å²) in [5.74, 6) is 0.625. The Hall–Kier alpha value is -2.77. The molecule has 1 amide bonds. The first-order valence-corrected chi connectivity index (χ1v) is 9.32. The van der Waals surface area contributed by atoms with E-state index in [2.05, 4.69) is 19.6 Å². The van der Waals surface area contributed by atoms with Crippen LogP contribution < -0.4 is 9.64 Å². The van der Waals surface area contributed by atoms with E-state index >= 15 is 0 Å². The molecule has 2 unspecified atom stereocenters. The van der Waals surface area contributed by atoms with Crippen molar-refractivity contribution >= 4 is 11.9 Å². The van der Waals surface area contributed by atoms with Crippen LogP contribution in [0.25, 0.3) is 0 Å². The number of para-hydroxylation sites is 1. The Bertz CT molecular complexity index is 872. The third-order valence-electron chi connectivity index (χ3n) is 5.26. The van der Waals surface area contributed by atoms with E-state index in [4.69, 9.17) is 0 Å². The van der Waals surface area contributed by atoms with Gasteiger partial charge in [-0.2, -0.15) is 8.78 Å². The number of benzene rings is 1. The van der Waals surface area contributed by atoms with Crippen molar-refractivity contribution in [3.8, 4) is 5.75 Å². The molecule has 2 fully saturated rings. The number of carbonyl (C=O) groups excluding carboxylic acids is 1. The molecule has 2 bridgehead atoms. The van der Waals surface area contributed by atoms with Gasteiger partial charge in [0.25, 0.3) is 5.91 Å². The quantitative estimate of drug-likeness (QED) is 0.806. The van der Waals surface area contributed by atoms with Gasteiger partial charge in [-0.1, -0.05) is 12.1 Å². The third-order valence-corrected chi connectivity index (χ3v) is 5.26. The number of fused-ring (bicyclic) bond motifs is 2. The molecule has 1 aromatic heterocycles. The lowest BCUT2D eigenvalue weighted by Crippen LogP contribution is -2.45. The minimum absolute atomic E-state index is 0.0880. The molecule has 0 saturated carbocycles. The zero-order chi connectivity index (χ0) is 19.8. The van der Waals surface area contributed by atoms with E-state index in [0.29, 0.717) is 25.0 Å². The predicted molar refractivity (Wildman–Crippen MR) is 99.7 cm³/mol. The Morgan fingerprint density at radius 3 is 2.57 bits per heavy atom. The Morgan fingerprint density at radius 1 is 1.14 bits per heavy atom. The van der Waals surface area contributed by atoms with E-state index < -0.39 is 6.61 Å². The number of anilines is 1. The third kappa shape index (κ3) is 3.63. The number of aromatic nitrogens is 2. The van der Waals surface area contributed by atoms with E-state index in [1.165, 1.54) is 12.1 Å². The van der Waals surface area contributed by atoms with Crippen LogP contribution in [0.15, 0.2) is 30.3 Å². The van der Waals surface area contributed by atoms with Crippen LogP contribution in [-0.4, -0.2) is 53.1 Å². The molecule has 28 heavy (non-hydrogen) atoms. The smallest absolute Gasteiger partial charge is 0.387 e. The van der Waals surface area contributed by atoms with Crippen LogP contribution in [0, 0.1) is 19.8 Å². The highest BCUT2D eigenvalue weighted by Crippen LogP contribution is 2.34. The molecule has 1 aromatic carbocycles. The number of rotatable bonds is 4. The summed E-state index contributed by atoms with van der Waals surface area (Å²) in [5, 5.41) is 0. The van der Waals surface area contributed by atoms with E-state index in [0.717, 1.165) is 24.4 Å².